The number of alkyl halides is 3. The molecular weight excluding hydrogens is 357 g/mol. The van der Waals surface area contributed by atoms with E-state index in [0.717, 1.165) is 11.3 Å². The minimum absolute atomic E-state index is 0.249. The largest absolute Gasteiger partial charge is 0.573 e. The van der Waals surface area contributed by atoms with Crippen molar-refractivity contribution in [3.05, 3.63) is 44.8 Å². The topological polar surface area (TPSA) is 34.1 Å². The summed E-state index contributed by atoms with van der Waals surface area (Å²) in [7, 11) is 0. The van der Waals surface area contributed by atoms with Gasteiger partial charge in [-0.3, -0.25) is 0 Å². The predicted octanol–water partition coefficient (Wildman–Crippen LogP) is 4.09. The van der Waals surface area contributed by atoms with E-state index in [0.29, 0.717) is 13.1 Å². The van der Waals surface area contributed by atoms with Crippen molar-refractivity contribution in [2.45, 2.75) is 19.5 Å². The predicted molar refractivity (Wildman–Crippen MR) is 73.5 cm³/mol. The van der Waals surface area contributed by atoms with E-state index in [1.54, 1.807) is 17.6 Å². The summed E-state index contributed by atoms with van der Waals surface area (Å²) in [5.41, 5.74) is 3.53. The molecule has 2 rings (SSSR count). The van der Waals surface area contributed by atoms with Gasteiger partial charge in [0.1, 0.15) is 5.75 Å². The van der Waals surface area contributed by atoms with Crippen LogP contribution in [0.2, 0.25) is 0 Å². The molecule has 0 aliphatic rings. The maximum absolute atomic E-state index is 12.1. The molecule has 0 aliphatic heterocycles. The van der Waals surface area contributed by atoms with Gasteiger partial charge in [0.25, 0.3) is 0 Å². The Balaban J connectivity index is 1.91. The standard InChI is InChI=1S/C12H10BrF3N2OS/c13-10-3-8(1-2-11(10)19-12(14,15)16)4-17-5-9-6-20-7-18-9/h1-3,6-7,17H,4-5H2. The summed E-state index contributed by atoms with van der Waals surface area (Å²) in [4.78, 5) is 4.12. The lowest BCUT2D eigenvalue weighted by molar-refractivity contribution is -0.274. The summed E-state index contributed by atoms with van der Waals surface area (Å²) in [5.74, 6) is -0.249. The Bertz CT molecular complexity index is 560. The van der Waals surface area contributed by atoms with Crippen LogP contribution in [0.4, 0.5) is 13.2 Å². The molecule has 0 bridgehead atoms. The number of ether oxygens (including phenoxy) is 1. The molecule has 0 radical (unpaired) electrons. The SMILES string of the molecule is FC(F)(F)Oc1ccc(CNCc2cscn2)cc1Br. The zero-order chi connectivity index (χ0) is 14.6. The molecule has 0 saturated heterocycles. The van der Waals surface area contributed by atoms with Gasteiger partial charge < -0.3 is 10.1 Å². The molecule has 1 aromatic carbocycles. The molecule has 1 heterocycles. The van der Waals surface area contributed by atoms with Gasteiger partial charge in [-0.2, -0.15) is 0 Å². The van der Waals surface area contributed by atoms with Gasteiger partial charge in [0.2, 0.25) is 0 Å². The third-order valence-electron chi connectivity index (χ3n) is 2.34. The van der Waals surface area contributed by atoms with Crippen LogP contribution in [-0.2, 0) is 13.1 Å². The zero-order valence-corrected chi connectivity index (χ0v) is 12.5. The highest BCUT2D eigenvalue weighted by Crippen LogP contribution is 2.31. The molecule has 8 heteroatoms. The molecule has 0 aliphatic carbocycles. The minimum atomic E-state index is -4.69. The summed E-state index contributed by atoms with van der Waals surface area (Å²) in [6, 6.07) is 4.46. The smallest absolute Gasteiger partial charge is 0.405 e. The van der Waals surface area contributed by atoms with E-state index in [2.05, 4.69) is 31.0 Å². The molecular formula is C12H10BrF3N2OS. The normalized spacial score (nSPS) is 11.6. The number of aromatic nitrogens is 1. The number of hydrogen-bond acceptors (Lipinski definition) is 4. The van der Waals surface area contributed by atoms with Crippen molar-refractivity contribution in [1.29, 1.82) is 0 Å². The van der Waals surface area contributed by atoms with Gasteiger partial charge in [0, 0.05) is 18.5 Å². The second-order valence-corrected chi connectivity index (χ2v) is 5.47. The number of rotatable bonds is 5. The molecule has 0 fully saturated rings. The second kappa shape index (κ2) is 6.55. The van der Waals surface area contributed by atoms with E-state index in [9.17, 15) is 13.2 Å². The summed E-state index contributed by atoms with van der Waals surface area (Å²) < 4.78 is 40.5. The summed E-state index contributed by atoms with van der Waals surface area (Å²) in [6.07, 6.45) is -4.69. The molecule has 1 aromatic heterocycles. The van der Waals surface area contributed by atoms with E-state index in [1.807, 2.05) is 5.38 Å². The van der Waals surface area contributed by atoms with Crippen molar-refractivity contribution in [2.24, 2.45) is 0 Å². The Morgan fingerprint density at radius 3 is 2.70 bits per heavy atom. The van der Waals surface area contributed by atoms with Gasteiger partial charge in [0.05, 0.1) is 15.7 Å². The first-order chi connectivity index (χ1) is 9.44. The van der Waals surface area contributed by atoms with Crippen LogP contribution >= 0.6 is 27.3 Å². The van der Waals surface area contributed by atoms with E-state index in [1.165, 1.54) is 17.4 Å². The Hall–Kier alpha value is -1.12. The van der Waals surface area contributed by atoms with E-state index < -0.39 is 6.36 Å². The van der Waals surface area contributed by atoms with Crippen LogP contribution in [0.5, 0.6) is 5.75 Å². The lowest BCUT2D eigenvalue weighted by Gasteiger charge is -2.11. The molecule has 3 nitrogen and oxygen atoms in total. The average molecular weight is 367 g/mol. The number of halogens is 4. The monoisotopic (exact) mass is 366 g/mol. The van der Waals surface area contributed by atoms with Crippen LogP contribution in [0.3, 0.4) is 0 Å². The third-order valence-corrected chi connectivity index (χ3v) is 3.60. The van der Waals surface area contributed by atoms with Gasteiger partial charge in [0.15, 0.2) is 0 Å². The van der Waals surface area contributed by atoms with Crippen LogP contribution in [-0.4, -0.2) is 11.3 Å². The van der Waals surface area contributed by atoms with Gasteiger partial charge in [-0.15, -0.1) is 24.5 Å². The highest BCUT2D eigenvalue weighted by atomic mass is 79.9. The summed E-state index contributed by atoms with van der Waals surface area (Å²) >= 11 is 4.58. The van der Waals surface area contributed by atoms with Crippen molar-refractivity contribution in [2.75, 3.05) is 0 Å². The van der Waals surface area contributed by atoms with Crippen molar-refractivity contribution in [3.8, 4) is 5.75 Å². The van der Waals surface area contributed by atoms with Crippen LogP contribution in [0, 0.1) is 0 Å². The van der Waals surface area contributed by atoms with Crippen molar-refractivity contribution < 1.29 is 17.9 Å². The molecule has 0 unspecified atom stereocenters. The number of hydrogen-bond donors (Lipinski definition) is 1. The van der Waals surface area contributed by atoms with Gasteiger partial charge in [-0.05, 0) is 33.6 Å². The fraction of sp³-hybridized carbons (Fsp3) is 0.250. The van der Waals surface area contributed by atoms with E-state index in [4.69, 9.17) is 0 Å². The third kappa shape index (κ3) is 4.77. The van der Waals surface area contributed by atoms with Crippen LogP contribution in [0.15, 0.2) is 33.6 Å². The molecule has 2 aromatic rings. The molecule has 0 saturated carbocycles. The number of benzene rings is 1. The van der Waals surface area contributed by atoms with Crippen LogP contribution in [0.1, 0.15) is 11.3 Å². The van der Waals surface area contributed by atoms with Crippen molar-refractivity contribution in [3.63, 3.8) is 0 Å². The minimum Gasteiger partial charge on any atom is -0.405 e. The molecule has 108 valence electrons. The quantitative estimate of drug-likeness (QED) is 0.864. The molecule has 0 amide bonds. The van der Waals surface area contributed by atoms with E-state index >= 15 is 0 Å². The number of thiazole rings is 1. The Kier molecular flexibility index (Phi) is 5.00. The molecule has 0 spiro atoms. The lowest BCUT2D eigenvalue weighted by atomic mass is 10.2. The molecule has 1 N–H and O–H groups in total. The Morgan fingerprint density at radius 2 is 2.10 bits per heavy atom. The maximum atomic E-state index is 12.1. The fourth-order valence-corrected chi connectivity index (χ4v) is 2.59. The number of nitrogens with one attached hydrogen (secondary N) is 1. The molecule has 0 atom stereocenters. The van der Waals surface area contributed by atoms with Gasteiger partial charge >= 0.3 is 6.36 Å². The van der Waals surface area contributed by atoms with Crippen molar-refractivity contribution in [1.82, 2.24) is 10.3 Å². The lowest BCUT2D eigenvalue weighted by Crippen LogP contribution is -2.17. The van der Waals surface area contributed by atoms with Crippen LogP contribution in [0.25, 0.3) is 0 Å². The fourth-order valence-electron chi connectivity index (χ4n) is 1.52. The Morgan fingerprint density at radius 1 is 1.30 bits per heavy atom. The van der Waals surface area contributed by atoms with Crippen molar-refractivity contribution >= 4 is 27.3 Å². The highest BCUT2D eigenvalue weighted by Gasteiger charge is 2.31. The Labute approximate surface area is 125 Å². The van der Waals surface area contributed by atoms with Crippen LogP contribution < -0.4 is 10.1 Å². The first kappa shape index (κ1) is 15.3. The first-order valence-corrected chi connectivity index (χ1v) is 7.29. The maximum Gasteiger partial charge on any atom is 0.573 e. The molecule has 20 heavy (non-hydrogen) atoms. The van der Waals surface area contributed by atoms with Gasteiger partial charge in [-0.25, -0.2) is 4.98 Å². The van der Waals surface area contributed by atoms with E-state index in [-0.39, 0.29) is 10.2 Å². The first-order valence-electron chi connectivity index (χ1n) is 5.56. The van der Waals surface area contributed by atoms with Gasteiger partial charge in [-0.1, -0.05) is 6.07 Å². The second-order valence-electron chi connectivity index (χ2n) is 3.90. The highest BCUT2D eigenvalue weighted by molar-refractivity contribution is 9.10. The zero-order valence-electron chi connectivity index (χ0n) is 10.1. The summed E-state index contributed by atoms with van der Waals surface area (Å²) in [6.45, 7) is 1.14. The average Bonchev–Trinajstić information content (AvgIpc) is 2.84. The summed E-state index contributed by atoms with van der Waals surface area (Å²) in [5, 5.41) is 5.09. The number of nitrogens with zero attached hydrogens (tertiary/aromatic N) is 1.